The van der Waals surface area contributed by atoms with Gasteiger partial charge in [0.25, 0.3) is 11.8 Å². The lowest BCUT2D eigenvalue weighted by Crippen LogP contribution is -2.49. The molecule has 0 bridgehead atoms. The molecule has 0 saturated carbocycles. The maximum absolute atomic E-state index is 12.3. The number of thioether (sulfide) groups is 1. The number of hydrogen-bond acceptors (Lipinski definition) is 5. The van der Waals surface area contributed by atoms with Crippen LogP contribution in [0, 0.1) is 18.3 Å². The average molecular weight is 381 g/mol. The van der Waals surface area contributed by atoms with Gasteiger partial charge in [0.2, 0.25) is 0 Å². The Morgan fingerprint density at radius 3 is 2.67 bits per heavy atom. The first-order valence-electron chi connectivity index (χ1n) is 8.49. The van der Waals surface area contributed by atoms with Crippen LogP contribution in [0.2, 0.25) is 0 Å². The van der Waals surface area contributed by atoms with Gasteiger partial charge in [-0.3, -0.25) is 20.4 Å². The summed E-state index contributed by atoms with van der Waals surface area (Å²) in [6, 6.07) is 14.6. The van der Waals surface area contributed by atoms with Gasteiger partial charge in [0.1, 0.15) is 5.75 Å². The van der Waals surface area contributed by atoms with Gasteiger partial charge >= 0.3 is 0 Å². The van der Waals surface area contributed by atoms with E-state index >= 15 is 0 Å². The average Bonchev–Trinajstić information content (AvgIpc) is 3.09. The van der Waals surface area contributed by atoms with Crippen LogP contribution in [0.25, 0.3) is 0 Å². The molecule has 0 radical (unpaired) electrons. The highest BCUT2D eigenvalue weighted by Crippen LogP contribution is 2.37. The number of aryl methyl sites for hydroxylation is 1. The van der Waals surface area contributed by atoms with Gasteiger partial charge in [0.15, 0.2) is 6.10 Å². The minimum absolute atomic E-state index is 0.243. The van der Waals surface area contributed by atoms with E-state index in [1.807, 2.05) is 25.1 Å². The van der Waals surface area contributed by atoms with Crippen LogP contribution in [0.4, 0.5) is 0 Å². The zero-order valence-electron chi connectivity index (χ0n) is 15.0. The number of carbonyl (C=O) groups is 2. The van der Waals surface area contributed by atoms with Crippen molar-refractivity contribution in [2.45, 2.75) is 36.5 Å². The summed E-state index contributed by atoms with van der Waals surface area (Å²) in [5, 5.41) is 8.52. The van der Waals surface area contributed by atoms with Gasteiger partial charge in [-0.2, -0.15) is 5.26 Å². The van der Waals surface area contributed by atoms with Crippen molar-refractivity contribution in [3.8, 4) is 11.8 Å². The molecule has 2 amide bonds. The highest BCUT2D eigenvalue weighted by Gasteiger charge is 2.29. The lowest BCUT2D eigenvalue weighted by atomic mass is 10.1. The molecule has 0 aliphatic carbocycles. The zero-order valence-corrected chi connectivity index (χ0v) is 15.8. The Bertz CT molecular complexity index is 906. The molecule has 138 valence electrons. The van der Waals surface area contributed by atoms with E-state index in [4.69, 9.17) is 10.00 Å². The van der Waals surface area contributed by atoms with Crippen molar-refractivity contribution in [1.82, 2.24) is 10.9 Å². The molecule has 0 saturated heterocycles. The van der Waals surface area contributed by atoms with Crippen molar-refractivity contribution in [3.05, 3.63) is 59.2 Å². The number of hydrazine groups is 1. The van der Waals surface area contributed by atoms with Crippen molar-refractivity contribution in [2.24, 2.45) is 0 Å². The summed E-state index contributed by atoms with van der Waals surface area (Å²) in [6.07, 6.45) is -0.159. The van der Waals surface area contributed by atoms with Gasteiger partial charge in [-0.25, -0.2) is 0 Å². The predicted molar refractivity (Wildman–Crippen MR) is 102 cm³/mol. The Kier molecular flexibility index (Phi) is 5.67. The molecule has 27 heavy (non-hydrogen) atoms. The minimum atomic E-state index is -0.797. The number of nitrogens with zero attached hydrogens (tertiary/aromatic N) is 1. The van der Waals surface area contributed by atoms with Crippen molar-refractivity contribution in [2.75, 3.05) is 0 Å². The zero-order chi connectivity index (χ0) is 19.4. The Hall–Kier alpha value is -2.98. The molecular weight excluding hydrogens is 362 g/mol. The molecule has 6 nitrogen and oxygen atoms in total. The number of nitriles is 1. The number of rotatable bonds is 4. The van der Waals surface area contributed by atoms with Gasteiger partial charge in [-0.15, -0.1) is 11.8 Å². The fourth-order valence-electron chi connectivity index (χ4n) is 2.65. The fraction of sp³-hybridized carbons (Fsp3) is 0.250. The first-order chi connectivity index (χ1) is 13.0. The Labute approximate surface area is 161 Å². The molecule has 1 heterocycles. The van der Waals surface area contributed by atoms with Crippen LogP contribution in [-0.2, 0) is 16.0 Å². The normalized spacial score (nSPS) is 16.0. The summed E-state index contributed by atoms with van der Waals surface area (Å²) in [6.45, 7) is 3.60. The summed E-state index contributed by atoms with van der Waals surface area (Å²) < 4.78 is 5.52. The second-order valence-corrected chi connectivity index (χ2v) is 7.54. The van der Waals surface area contributed by atoms with E-state index in [0.29, 0.717) is 17.7 Å². The van der Waals surface area contributed by atoms with E-state index in [-0.39, 0.29) is 11.2 Å². The smallest absolute Gasteiger partial charge is 0.279 e. The van der Waals surface area contributed by atoms with Crippen LogP contribution in [0.3, 0.4) is 0 Å². The fourth-order valence-corrected chi connectivity index (χ4v) is 3.94. The number of ether oxygens (including phenoxy) is 1. The third-order valence-electron chi connectivity index (χ3n) is 4.16. The number of fused-ring (bicyclic) bond motifs is 1. The van der Waals surface area contributed by atoms with E-state index < -0.39 is 12.0 Å². The SMILES string of the molecule is Cc1ccc2c(c1)S[C@@H](C(=O)NNC(=O)[C@H](C)Oc1ccc(C#N)cc1)C2. The number of benzene rings is 2. The maximum atomic E-state index is 12.3. The predicted octanol–water partition coefficient (Wildman–Crippen LogP) is 2.50. The van der Waals surface area contributed by atoms with Crippen LogP contribution >= 0.6 is 11.8 Å². The molecule has 0 aromatic heterocycles. The Morgan fingerprint density at radius 1 is 1.22 bits per heavy atom. The summed E-state index contributed by atoms with van der Waals surface area (Å²) in [5.41, 5.74) is 7.70. The second-order valence-electron chi connectivity index (χ2n) is 6.30. The van der Waals surface area contributed by atoms with Gasteiger partial charge < -0.3 is 4.74 Å². The summed E-state index contributed by atoms with van der Waals surface area (Å²) in [7, 11) is 0. The largest absolute Gasteiger partial charge is 0.481 e. The van der Waals surface area contributed by atoms with E-state index in [2.05, 4.69) is 16.9 Å². The number of nitrogens with one attached hydrogen (secondary N) is 2. The number of carbonyl (C=O) groups excluding carboxylic acids is 2. The van der Waals surface area contributed by atoms with Crippen molar-refractivity contribution in [1.29, 1.82) is 5.26 Å². The molecule has 1 aliphatic rings. The first kappa shape index (κ1) is 18.8. The van der Waals surface area contributed by atoms with Crippen LogP contribution < -0.4 is 15.6 Å². The molecule has 7 heteroatoms. The maximum Gasteiger partial charge on any atom is 0.279 e. The highest BCUT2D eigenvalue weighted by molar-refractivity contribution is 8.01. The first-order valence-corrected chi connectivity index (χ1v) is 9.37. The third kappa shape index (κ3) is 4.60. The molecule has 1 aliphatic heterocycles. The molecule has 2 atom stereocenters. The van der Waals surface area contributed by atoms with E-state index in [0.717, 1.165) is 16.0 Å². The molecule has 0 spiro atoms. The number of amides is 2. The lowest BCUT2D eigenvalue weighted by Gasteiger charge is -2.16. The molecule has 0 unspecified atom stereocenters. The Morgan fingerprint density at radius 2 is 1.96 bits per heavy atom. The standard InChI is InChI=1S/C20H19N3O3S/c1-12-3-6-15-10-18(27-17(15)9-12)20(25)23-22-19(24)13(2)26-16-7-4-14(11-21)5-8-16/h3-9,13,18H,10H2,1-2H3,(H,22,24)(H,23,25)/t13-,18+/m0/s1. The summed E-state index contributed by atoms with van der Waals surface area (Å²) in [4.78, 5) is 25.6. The van der Waals surface area contributed by atoms with E-state index in [9.17, 15) is 9.59 Å². The molecule has 2 aromatic rings. The monoisotopic (exact) mass is 381 g/mol. The molecule has 3 rings (SSSR count). The molecule has 2 N–H and O–H groups in total. The summed E-state index contributed by atoms with van der Waals surface area (Å²) in [5.74, 6) is -0.225. The second kappa shape index (κ2) is 8.14. The highest BCUT2D eigenvalue weighted by atomic mass is 32.2. The molecular formula is C20H19N3O3S. The molecule has 2 aromatic carbocycles. The van der Waals surface area contributed by atoms with Crippen LogP contribution in [0.15, 0.2) is 47.4 Å². The van der Waals surface area contributed by atoms with Crippen molar-refractivity contribution in [3.63, 3.8) is 0 Å². The molecule has 0 fully saturated rings. The van der Waals surface area contributed by atoms with Crippen molar-refractivity contribution >= 4 is 23.6 Å². The van der Waals surface area contributed by atoms with Gasteiger partial charge in [-0.1, -0.05) is 17.7 Å². The quantitative estimate of drug-likeness (QED) is 0.794. The Balaban J connectivity index is 1.48. The third-order valence-corrected chi connectivity index (χ3v) is 5.46. The van der Waals surface area contributed by atoms with Gasteiger partial charge in [0, 0.05) is 4.90 Å². The lowest BCUT2D eigenvalue weighted by molar-refractivity contribution is -0.132. The van der Waals surface area contributed by atoms with Crippen LogP contribution in [-0.4, -0.2) is 23.2 Å². The van der Waals surface area contributed by atoms with Gasteiger partial charge in [-0.05, 0) is 56.2 Å². The van der Waals surface area contributed by atoms with Crippen molar-refractivity contribution < 1.29 is 14.3 Å². The van der Waals surface area contributed by atoms with Gasteiger partial charge in [0.05, 0.1) is 16.9 Å². The topological polar surface area (TPSA) is 91.2 Å². The summed E-state index contributed by atoms with van der Waals surface area (Å²) >= 11 is 1.50. The van der Waals surface area contributed by atoms with E-state index in [1.165, 1.54) is 11.8 Å². The van der Waals surface area contributed by atoms with E-state index in [1.54, 1.807) is 31.2 Å². The number of hydrogen-bond donors (Lipinski definition) is 2. The van der Waals surface area contributed by atoms with Crippen LogP contribution in [0.1, 0.15) is 23.6 Å². The minimum Gasteiger partial charge on any atom is -0.481 e. The van der Waals surface area contributed by atoms with Crippen LogP contribution in [0.5, 0.6) is 5.75 Å².